The van der Waals surface area contributed by atoms with Crippen LogP contribution in [0, 0.1) is 0 Å². The zero-order valence-corrected chi connectivity index (χ0v) is 11.4. The highest BCUT2D eigenvalue weighted by molar-refractivity contribution is 5.94. The third-order valence-corrected chi connectivity index (χ3v) is 3.27. The van der Waals surface area contributed by atoms with Crippen LogP contribution in [0.25, 0.3) is 0 Å². The zero-order chi connectivity index (χ0) is 14.5. The zero-order valence-electron chi connectivity index (χ0n) is 11.4. The van der Waals surface area contributed by atoms with Crippen molar-refractivity contribution in [3.63, 3.8) is 0 Å². The quantitative estimate of drug-likeness (QED) is 0.788. The van der Waals surface area contributed by atoms with Crippen LogP contribution in [0.1, 0.15) is 27.7 Å². The molecule has 0 fully saturated rings. The van der Waals surface area contributed by atoms with E-state index in [1.807, 2.05) is 60.7 Å². The third-order valence-electron chi connectivity index (χ3n) is 3.27. The number of rotatable bonds is 4. The van der Waals surface area contributed by atoms with Crippen LogP contribution < -0.4 is 5.32 Å². The molecule has 0 saturated carbocycles. The average Bonchev–Trinajstić information content (AvgIpc) is 3.08. The van der Waals surface area contributed by atoms with Gasteiger partial charge in [0.15, 0.2) is 0 Å². The van der Waals surface area contributed by atoms with Gasteiger partial charge in [-0.3, -0.25) is 4.79 Å². The van der Waals surface area contributed by atoms with Gasteiger partial charge in [0.05, 0.1) is 6.26 Å². The minimum absolute atomic E-state index is 0.124. The molecule has 0 aliphatic heterocycles. The van der Waals surface area contributed by atoms with Gasteiger partial charge in [-0.05, 0) is 29.8 Å². The second-order valence-corrected chi connectivity index (χ2v) is 4.70. The summed E-state index contributed by atoms with van der Waals surface area (Å²) >= 11 is 0. The Hall–Kier alpha value is -2.81. The number of furan rings is 1. The summed E-state index contributed by atoms with van der Waals surface area (Å²) in [6.07, 6.45) is 1.61. The predicted octanol–water partition coefficient (Wildman–Crippen LogP) is 3.80. The van der Waals surface area contributed by atoms with Gasteiger partial charge in [-0.1, -0.05) is 48.5 Å². The lowest BCUT2D eigenvalue weighted by Crippen LogP contribution is -2.29. The Morgan fingerprint density at radius 2 is 1.52 bits per heavy atom. The second-order valence-electron chi connectivity index (χ2n) is 4.70. The van der Waals surface area contributed by atoms with E-state index < -0.39 is 0 Å². The van der Waals surface area contributed by atoms with Crippen LogP contribution in [0.15, 0.2) is 83.5 Å². The highest BCUT2D eigenvalue weighted by Gasteiger charge is 2.19. The predicted molar refractivity (Wildman–Crippen MR) is 80.9 cm³/mol. The molecule has 0 aliphatic rings. The minimum atomic E-state index is -0.297. The maximum absolute atomic E-state index is 12.4. The first-order valence-corrected chi connectivity index (χ1v) is 6.79. The molecule has 21 heavy (non-hydrogen) atoms. The molecule has 0 unspecified atom stereocenters. The molecule has 0 bridgehead atoms. The van der Waals surface area contributed by atoms with Gasteiger partial charge in [-0.25, -0.2) is 0 Å². The van der Waals surface area contributed by atoms with Gasteiger partial charge in [0, 0.05) is 5.56 Å². The van der Waals surface area contributed by atoms with Crippen molar-refractivity contribution in [3.05, 3.63) is 95.9 Å². The minimum Gasteiger partial charge on any atom is -0.467 e. The van der Waals surface area contributed by atoms with E-state index in [9.17, 15) is 4.79 Å². The molecular weight excluding hydrogens is 262 g/mol. The Balaban J connectivity index is 1.89. The van der Waals surface area contributed by atoms with Crippen molar-refractivity contribution in [3.8, 4) is 0 Å². The Labute approximate surface area is 123 Å². The molecule has 1 atom stereocenters. The van der Waals surface area contributed by atoms with Gasteiger partial charge < -0.3 is 9.73 Å². The summed E-state index contributed by atoms with van der Waals surface area (Å²) in [4.78, 5) is 12.4. The highest BCUT2D eigenvalue weighted by Crippen LogP contribution is 2.22. The first-order chi connectivity index (χ1) is 10.3. The second kappa shape index (κ2) is 6.09. The molecule has 0 spiro atoms. The fraction of sp³-hybridized carbons (Fsp3) is 0.0556. The largest absolute Gasteiger partial charge is 0.467 e. The molecule has 1 amide bonds. The summed E-state index contributed by atoms with van der Waals surface area (Å²) in [6.45, 7) is 0. The summed E-state index contributed by atoms with van der Waals surface area (Å²) in [6, 6.07) is 22.3. The first-order valence-electron chi connectivity index (χ1n) is 6.79. The van der Waals surface area contributed by atoms with E-state index in [0.29, 0.717) is 11.3 Å². The summed E-state index contributed by atoms with van der Waals surface area (Å²) in [5, 5.41) is 3.02. The van der Waals surface area contributed by atoms with Crippen molar-refractivity contribution in [2.24, 2.45) is 0 Å². The van der Waals surface area contributed by atoms with E-state index in [1.165, 1.54) is 0 Å². The maximum atomic E-state index is 12.4. The molecule has 1 aromatic heterocycles. The normalized spacial score (nSPS) is 11.8. The van der Waals surface area contributed by atoms with Crippen molar-refractivity contribution >= 4 is 5.91 Å². The van der Waals surface area contributed by atoms with Gasteiger partial charge in [0.25, 0.3) is 5.91 Å². The molecule has 2 aromatic carbocycles. The number of nitrogens with one attached hydrogen (secondary N) is 1. The van der Waals surface area contributed by atoms with E-state index in [2.05, 4.69) is 5.32 Å². The lowest BCUT2D eigenvalue weighted by atomic mass is 10.0. The van der Waals surface area contributed by atoms with Gasteiger partial charge in [0.1, 0.15) is 11.8 Å². The van der Waals surface area contributed by atoms with Crippen LogP contribution in [-0.2, 0) is 0 Å². The van der Waals surface area contributed by atoms with Crippen molar-refractivity contribution in [1.82, 2.24) is 5.32 Å². The molecule has 104 valence electrons. The van der Waals surface area contributed by atoms with Crippen LogP contribution in [0.4, 0.5) is 0 Å². The van der Waals surface area contributed by atoms with Crippen LogP contribution in [0.2, 0.25) is 0 Å². The monoisotopic (exact) mass is 277 g/mol. The molecule has 0 aliphatic carbocycles. The SMILES string of the molecule is O=C(N[C@@H](c1ccccc1)c1ccco1)c1ccccc1. The molecular formula is C18H15NO2. The lowest BCUT2D eigenvalue weighted by molar-refractivity contribution is 0.0939. The fourth-order valence-corrected chi connectivity index (χ4v) is 2.22. The smallest absolute Gasteiger partial charge is 0.252 e. The Morgan fingerprint density at radius 3 is 2.14 bits per heavy atom. The Kier molecular flexibility index (Phi) is 3.83. The molecule has 3 aromatic rings. The van der Waals surface area contributed by atoms with E-state index in [1.54, 1.807) is 18.4 Å². The standard InChI is InChI=1S/C18H15NO2/c20-18(15-10-5-2-6-11-15)19-17(16-12-7-13-21-16)14-8-3-1-4-9-14/h1-13,17H,(H,19,20)/t17-/m0/s1. The highest BCUT2D eigenvalue weighted by atomic mass is 16.3. The first kappa shape index (κ1) is 13.2. The molecule has 3 heteroatoms. The average molecular weight is 277 g/mol. The molecule has 1 heterocycles. The number of carbonyl (C=O) groups is 1. The molecule has 0 radical (unpaired) electrons. The van der Waals surface area contributed by atoms with Crippen molar-refractivity contribution in [1.29, 1.82) is 0 Å². The van der Waals surface area contributed by atoms with Crippen LogP contribution in [0.5, 0.6) is 0 Å². The third kappa shape index (κ3) is 3.03. The summed E-state index contributed by atoms with van der Waals surface area (Å²) in [5.41, 5.74) is 1.61. The Bertz CT molecular complexity index is 691. The molecule has 3 nitrogen and oxygen atoms in total. The van der Waals surface area contributed by atoms with Gasteiger partial charge in [-0.15, -0.1) is 0 Å². The van der Waals surface area contributed by atoms with Gasteiger partial charge in [-0.2, -0.15) is 0 Å². The lowest BCUT2D eigenvalue weighted by Gasteiger charge is -2.17. The number of carbonyl (C=O) groups excluding carboxylic acids is 1. The summed E-state index contributed by atoms with van der Waals surface area (Å²) in [7, 11) is 0. The molecule has 0 saturated heterocycles. The maximum Gasteiger partial charge on any atom is 0.252 e. The van der Waals surface area contributed by atoms with E-state index in [4.69, 9.17) is 4.42 Å². The Morgan fingerprint density at radius 1 is 0.857 bits per heavy atom. The van der Waals surface area contributed by atoms with Crippen LogP contribution >= 0.6 is 0 Å². The topological polar surface area (TPSA) is 42.2 Å². The number of hydrogen-bond donors (Lipinski definition) is 1. The van der Waals surface area contributed by atoms with Crippen molar-refractivity contribution in [2.75, 3.05) is 0 Å². The summed E-state index contributed by atoms with van der Waals surface area (Å²) < 4.78 is 5.47. The summed E-state index contributed by atoms with van der Waals surface area (Å²) in [5.74, 6) is 0.589. The van der Waals surface area contributed by atoms with Crippen LogP contribution in [-0.4, -0.2) is 5.91 Å². The fourth-order valence-electron chi connectivity index (χ4n) is 2.22. The number of amides is 1. The van der Waals surface area contributed by atoms with Gasteiger partial charge in [0.2, 0.25) is 0 Å². The van der Waals surface area contributed by atoms with Gasteiger partial charge >= 0.3 is 0 Å². The van der Waals surface area contributed by atoms with E-state index >= 15 is 0 Å². The molecule has 3 rings (SSSR count). The van der Waals surface area contributed by atoms with Crippen molar-refractivity contribution < 1.29 is 9.21 Å². The van der Waals surface area contributed by atoms with E-state index in [-0.39, 0.29) is 11.9 Å². The number of hydrogen-bond acceptors (Lipinski definition) is 2. The van der Waals surface area contributed by atoms with Crippen LogP contribution in [0.3, 0.4) is 0 Å². The van der Waals surface area contributed by atoms with E-state index in [0.717, 1.165) is 5.56 Å². The molecule has 1 N–H and O–H groups in total. The number of benzene rings is 2. The van der Waals surface area contributed by atoms with Crippen molar-refractivity contribution in [2.45, 2.75) is 6.04 Å².